The van der Waals surface area contributed by atoms with Gasteiger partial charge in [-0.2, -0.15) is 0 Å². The highest BCUT2D eigenvalue weighted by molar-refractivity contribution is 7.14. The summed E-state index contributed by atoms with van der Waals surface area (Å²) in [4.78, 5) is 25.9. The molecule has 2 aromatic rings. The van der Waals surface area contributed by atoms with Gasteiger partial charge in [0.25, 0.3) is 0 Å². The predicted molar refractivity (Wildman–Crippen MR) is 92.9 cm³/mol. The Morgan fingerprint density at radius 1 is 1.04 bits per heavy atom. The largest absolute Gasteiger partial charge is 0.342 e. The average Bonchev–Trinajstić information content (AvgIpc) is 3.22. The minimum Gasteiger partial charge on any atom is -0.342 e. The van der Waals surface area contributed by atoms with Crippen molar-refractivity contribution in [2.75, 3.05) is 23.7 Å². The van der Waals surface area contributed by atoms with Gasteiger partial charge in [0.2, 0.25) is 5.91 Å². The predicted octanol–water partition coefficient (Wildman–Crippen LogP) is 3.56. The fourth-order valence-electron chi connectivity index (χ4n) is 2.58. The number of nitrogens with zero attached hydrogens (tertiary/aromatic N) is 1. The Bertz CT molecular complexity index is 662. The summed E-state index contributed by atoms with van der Waals surface area (Å²) >= 11 is 1.47. The molecular formula is C17H19N3O2S. The van der Waals surface area contributed by atoms with Gasteiger partial charge in [-0.25, -0.2) is 4.79 Å². The van der Waals surface area contributed by atoms with Gasteiger partial charge < -0.3 is 10.2 Å². The highest BCUT2D eigenvalue weighted by Gasteiger charge is 2.17. The van der Waals surface area contributed by atoms with E-state index in [4.69, 9.17) is 0 Å². The van der Waals surface area contributed by atoms with Crippen molar-refractivity contribution in [3.8, 4) is 0 Å². The molecule has 0 spiro atoms. The molecule has 1 saturated heterocycles. The zero-order valence-electron chi connectivity index (χ0n) is 12.7. The fraction of sp³-hybridized carbons (Fsp3) is 0.294. The molecule has 23 heavy (non-hydrogen) atoms. The number of benzene rings is 1. The molecule has 1 aromatic carbocycles. The van der Waals surface area contributed by atoms with Crippen LogP contribution in [0.4, 0.5) is 15.5 Å². The van der Waals surface area contributed by atoms with E-state index in [9.17, 15) is 9.59 Å². The minimum absolute atomic E-state index is 0.179. The highest BCUT2D eigenvalue weighted by atomic mass is 32.1. The molecule has 120 valence electrons. The molecule has 6 heteroatoms. The molecule has 0 aliphatic carbocycles. The molecule has 0 radical (unpaired) electrons. The van der Waals surface area contributed by atoms with Crippen LogP contribution >= 0.6 is 11.3 Å². The average molecular weight is 329 g/mol. The van der Waals surface area contributed by atoms with Crippen molar-refractivity contribution in [2.45, 2.75) is 19.3 Å². The van der Waals surface area contributed by atoms with Crippen molar-refractivity contribution < 1.29 is 9.59 Å². The fourth-order valence-corrected chi connectivity index (χ4v) is 3.20. The zero-order valence-corrected chi connectivity index (χ0v) is 13.6. The number of amides is 3. The van der Waals surface area contributed by atoms with Gasteiger partial charge in [0, 0.05) is 18.8 Å². The molecule has 1 aliphatic rings. The van der Waals surface area contributed by atoms with E-state index in [0.29, 0.717) is 12.1 Å². The second-order valence-corrected chi connectivity index (χ2v) is 6.47. The summed E-state index contributed by atoms with van der Waals surface area (Å²) in [5, 5.41) is 8.24. The lowest BCUT2D eigenvalue weighted by atomic mass is 10.1. The maximum atomic E-state index is 12.1. The lowest BCUT2D eigenvalue weighted by molar-refractivity contribution is -0.129. The summed E-state index contributed by atoms with van der Waals surface area (Å²) < 4.78 is 0. The second-order valence-electron chi connectivity index (χ2n) is 5.52. The van der Waals surface area contributed by atoms with E-state index in [1.165, 1.54) is 11.3 Å². The SMILES string of the molecule is O=C(Nc1ccc(CC(=O)N2CCCC2)cc1)Nc1cccs1. The smallest absolute Gasteiger partial charge is 0.324 e. The maximum absolute atomic E-state index is 12.1. The standard InChI is InChI=1S/C17H19N3O2S/c21-16(20-9-1-2-10-20)12-13-5-7-14(8-6-13)18-17(22)19-15-4-3-11-23-15/h3-8,11H,1-2,9-10,12H2,(H2,18,19,22). The first-order valence-electron chi connectivity index (χ1n) is 7.69. The van der Waals surface area contributed by atoms with E-state index in [-0.39, 0.29) is 11.9 Å². The minimum atomic E-state index is -0.270. The van der Waals surface area contributed by atoms with Crippen LogP contribution in [0.15, 0.2) is 41.8 Å². The lowest BCUT2D eigenvalue weighted by Crippen LogP contribution is -2.29. The Kier molecular flexibility index (Phi) is 4.92. The van der Waals surface area contributed by atoms with Gasteiger partial charge in [0.05, 0.1) is 11.4 Å². The molecule has 0 saturated carbocycles. The summed E-state index contributed by atoms with van der Waals surface area (Å²) in [7, 11) is 0. The topological polar surface area (TPSA) is 61.4 Å². The number of carbonyl (C=O) groups excluding carboxylic acids is 2. The Morgan fingerprint density at radius 3 is 2.43 bits per heavy atom. The Hall–Kier alpha value is -2.34. The number of nitrogens with one attached hydrogen (secondary N) is 2. The van der Waals surface area contributed by atoms with E-state index < -0.39 is 0 Å². The number of thiophene rings is 1. The number of urea groups is 1. The number of rotatable bonds is 4. The third-order valence-corrected chi connectivity index (χ3v) is 4.57. The number of hydrogen-bond donors (Lipinski definition) is 2. The number of hydrogen-bond acceptors (Lipinski definition) is 3. The van der Waals surface area contributed by atoms with Crippen molar-refractivity contribution in [1.29, 1.82) is 0 Å². The number of likely N-dealkylation sites (tertiary alicyclic amines) is 1. The molecule has 0 atom stereocenters. The van der Waals surface area contributed by atoms with Crippen LogP contribution in [-0.2, 0) is 11.2 Å². The van der Waals surface area contributed by atoms with Crippen LogP contribution in [0.1, 0.15) is 18.4 Å². The molecule has 5 nitrogen and oxygen atoms in total. The van der Waals surface area contributed by atoms with Gasteiger partial charge in [0.1, 0.15) is 0 Å². The Morgan fingerprint density at radius 2 is 1.78 bits per heavy atom. The van der Waals surface area contributed by atoms with Crippen LogP contribution in [0.5, 0.6) is 0 Å². The lowest BCUT2D eigenvalue weighted by Gasteiger charge is -2.15. The van der Waals surface area contributed by atoms with Gasteiger partial charge in [-0.15, -0.1) is 11.3 Å². The molecule has 0 unspecified atom stereocenters. The summed E-state index contributed by atoms with van der Waals surface area (Å²) in [6.07, 6.45) is 2.63. The quantitative estimate of drug-likeness (QED) is 0.901. The first-order chi connectivity index (χ1) is 11.2. The van der Waals surface area contributed by atoms with Crippen LogP contribution < -0.4 is 10.6 Å². The summed E-state index contributed by atoms with van der Waals surface area (Å²) in [5.74, 6) is 0.179. The molecule has 1 aliphatic heterocycles. The molecule has 1 aromatic heterocycles. The van der Waals surface area contributed by atoms with Crippen LogP contribution in [0, 0.1) is 0 Å². The number of carbonyl (C=O) groups is 2. The van der Waals surface area contributed by atoms with Crippen LogP contribution in [0.25, 0.3) is 0 Å². The first kappa shape index (κ1) is 15.6. The molecule has 0 bridgehead atoms. The van der Waals surface area contributed by atoms with E-state index >= 15 is 0 Å². The van der Waals surface area contributed by atoms with Crippen molar-refractivity contribution >= 4 is 34.0 Å². The zero-order chi connectivity index (χ0) is 16.1. The van der Waals surface area contributed by atoms with E-state index in [2.05, 4.69) is 10.6 Å². The van der Waals surface area contributed by atoms with Crippen LogP contribution in [-0.4, -0.2) is 29.9 Å². The van der Waals surface area contributed by atoms with Crippen molar-refractivity contribution in [3.05, 3.63) is 47.3 Å². The number of anilines is 2. The Labute approximate surface area is 139 Å². The molecule has 2 heterocycles. The van der Waals surface area contributed by atoms with E-state index in [1.807, 2.05) is 46.7 Å². The monoisotopic (exact) mass is 329 g/mol. The van der Waals surface area contributed by atoms with Gasteiger partial charge in [0.15, 0.2) is 0 Å². The van der Waals surface area contributed by atoms with Gasteiger partial charge in [-0.1, -0.05) is 12.1 Å². The molecular weight excluding hydrogens is 310 g/mol. The van der Waals surface area contributed by atoms with Gasteiger partial charge in [-0.3, -0.25) is 10.1 Å². The highest BCUT2D eigenvalue weighted by Crippen LogP contribution is 2.16. The van der Waals surface area contributed by atoms with Crippen molar-refractivity contribution in [2.24, 2.45) is 0 Å². The van der Waals surface area contributed by atoms with E-state index in [0.717, 1.165) is 36.5 Å². The molecule has 2 N–H and O–H groups in total. The summed E-state index contributed by atoms with van der Waals surface area (Å²) in [6, 6.07) is 10.9. The van der Waals surface area contributed by atoms with Crippen molar-refractivity contribution in [3.63, 3.8) is 0 Å². The van der Waals surface area contributed by atoms with Crippen molar-refractivity contribution in [1.82, 2.24) is 4.90 Å². The summed E-state index contributed by atoms with van der Waals surface area (Å²) in [5.41, 5.74) is 1.67. The normalized spacial score (nSPS) is 13.8. The second kappa shape index (κ2) is 7.28. The molecule has 3 rings (SSSR count). The maximum Gasteiger partial charge on any atom is 0.324 e. The third-order valence-electron chi connectivity index (χ3n) is 3.78. The first-order valence-corrected chi connectivity index (χ1v) is 8.57. The van der Waals surface area contributed by atoms with Gasteiger partial charge in [-0.05, 0) is 48.1 Å². The Balaban J connectivity index is 1.52. The van der Waals surface area contributed by atoms with Gasteiger partial charge >= 0.3 is 6.03 Å². The van der Waals surface area contributed by atoms with Crippen LogP contribution in [0.2, 0.25) is 0 Å². The van der Waals surface area contributed by atoms with E-state index in [1.54, 1.807) is 0 Å². The summed E-state index contributed by atoms with van der Waals surface area (Å²) in [6.45, 7) is 1.75. The van der Waals surface area contributed by atoms with Crippen LogP contribution in [0.3, 0.4) is 0 Å². The third kappa shape index (κ3) is 4.32. The molecule has 1 fully saturated rings. The molecule has 3 amide bonds.